The van der Waals surface area contributed by atoms with E-state index in [9.17, 15) is 10.2 Å². The van der Waals surface area contributed by atoms with Crippen molar-refractivity contribution in [3.63, 3.8) is 0 Å². The van der Waals surface area contributed by atoms with Gasteiger partial charge in [-0.25, -0.2) is 25.0 Å². The molecule has 2 aliphatic heterocycles. The van der Waals surface area contributed by atoms with Crippen LogP contribution in [0.5, 0.6) is 17.5 Å². The van der Waals surface area contributed by atoms with Gasteiger partial charge in [-0.05, 0) is 101 Å². The summed E-state index contributed by atoms with van der Waals surface area (Å²) in [6.45, 7) is 0.308. The summed E-state index contributed by atoms with van der Waals surface area (Å²) in [5.41, 5.74) is 4.79. The Kier molecular flexibility index (Phi) is 8.90. The largest absolute Gasteiger partial charge is 0.493 e. The van der Waals surface area contributed by atoms with Crippen LogP contribution in [0.15, 0.2) is 145 Å². The van der Waals surface area contributed by atoms with Crippen molar-refractivity contribution in [3.05, 3.63) is 161 Å². The molecule has 268 valence electrons. The molecule has 2 N–H and O–H groups in total. The number of rotatable bonds is 8. The van der Waals surface area contributed by atoms with Gasteiger partial charge in [0.15, 0.2) is 9.60 Å². The summed E-state index contributed by atoms with van der Waals surface area (Å²) in [5.74, 6) is 0.872. The minimum atomic E-state index is 0.0970. The summed E-state index contributed by atoms with van der Waals surface area (Å²) in [6, 6.07) is 36.6. The third-order valence-corrected chi connectivity index (χ3v) is 10.9. The molecule has 2 aliphatic rings. The number of thiazole rings is 2. The van der Waals surface area contributed by atoms with Crippen LogP contribution < -0.4 is 35.5 Å². The third-order valence-electron chi connectivity index (χ3n) is 8.87. The van der Waals surface area contributed by atoms with Gasteiger partial charge in [0.1, 0.15) is 25.0 Å². The molecule has 0 bridgehead atoms. The van der Waals surface area contributed by atoms with Crippen LogP contribution >= 0.6 is 22.7 Å². The van der Waals surface area contributed by atoms with Crippen LogP contribution in [0.25, 0.3) is 23.5 Å². The Labute approximate surface area is 321 Å². The average molecular weight is 759 g/mol. The topological polar surface area (TPSA) is 134 Å². The molecule has 13 heteroatoms. The zero-order valence-electron chi connectivity index (χ0n) is 29.2. The number of aliphatic imine (C=N–C) groups is 2. The molecule has 4 heterocycles. The highest BCUT2D eigenvalue weighted by Crippen LogP contribution is 2.28. The first-order valence-electron chi connectivity index (χ1n) is 17.2. The monoisotopic (exact) mass is 758 g/mol. The van der Waals surface area contributed by atoms with Crippen LogP contribution in [0, 0.1) is 0 Å². The minimum Gasteiger partial charge on any atom is -0.493 e. The van der Waals surface area contributed by atoms with Gasteiger partial charge in [0, 0.05) is 7.05 Å². The fourth-order valence-corrected chi connectivity index (χ4v) is 8.16. The molecular weight excluding hydrogens is 729 g/mol. The first-order valence-corrected chi connectivity index (χ1v) is 18.8. The number of benzene rings is 5. The lowest BCUT2D eigenvalue weighted by molar-refractivity contribution is 0.306. The predicted octanol–water partition coefficient (Wildman–Crippen LogP) is 5.39. The van der Waals surface area contributed by atoms with Gasteiger partial charge in [0.25, 0.3) is 0 Å². The standard InChI is InChI=1S/C42H30N8O3S2/c1-43-41-50(40(52)37(54-41)21-26-10-16-33-35(19-26)46-24-44-33)31-9-5-6-28(18-31)23-53-32-14-12-29(13-15-32)48-42-49(30-7-3-2-4-8-30)39(51)38(55-42)22-27-11-17-34-36(20-27)47-25-45-34/h2-22,24-25,51-52H,23H2,1H3. The van der Waals surface area contributed by atoms with E-state index in [0.717, 1.165) is 49.5 Å². The Morgan fingerprint density at radius 2 is 1.25 bits per heavy atom. The Balaban J connectivity index is 0.962. The summed E-state index contributed by atoms with van der Waals surface area (Å²) in [4.78, 5) is 29.1. The number of para-hydroxylation sites is 1. The Bertz CT molecular complexity index is 3090. The molecule has 0 aliphatic carbocycles. The van der Waals surface area contributed by atoms with Gasteiger partial charge in [-0.15, -0.1) is 0 Å². The second-order valence-electron chi connectivity index (χ2n) is 12.5. The van der Waals surface area contributed by atoms with Crippen molar-refractivity contribution in [1.29, 1.82) is 0 Å². The molecule has 0 amide bonds. The van der Waals surface area contributed by atoms with Gasteiger partial charge in [0.2, 0.25) is 11.8 Å². The number of hydrogen-bond donors (Lipinski definition) is 2. The SMILES string of the molecule is CN=c1sc(C=c2ccc3c(c2)N=CN=3)c(O)n1-c1cccc(COc2ccc(N=c3sc(C=c4ccc5c(c4)N=CN=5)c(O)n3-c3ccccc3)cc2)c1. The number of aromatic hydroxyl groups is 2. The predicted molar refractivity (Wildman–Crippen MR) is 216 cm³/mol. The summed E-state index contributed by atoms with van der Waals surface area (Å²) in [5, 5.41) is 26.2. The summed E-state index contributed by atoms with van der Waals surface area (Å²) in [6.07, 6.45) is 6.93. The van der Waals surface area contributed by atoms with Crippen molar-refractivity contribution >= 4 is 64.6 Å². The van der Waals surface area contributed by atoms with Gasteiger partial charge in [0.05, 0.1) is 48.9 Å². The maximum atomic E-state index is 11.4. The lowest BCUT2D eigenvalue weighted by Gasteiger charge is -2.10. The Hall–Kier alpha value is -6.96. The number of aromatic nitrogens is 2. The van der Waals surface area contributed by atoms with Gasteiger partial charge in [-0.2, -0.15) is 0 Å². The second kappa shape index (κ2) is 14.5. The summed E-state index contributed by atoms with van der Waals surface area (Å²) >= 11 is 2.78. The maximum Gasteiger partial charge on any atom is 0.215 e. The van der Waals surface area contributed by atoms with E-state index in [4.69, 9.17) is 9.73 Å². The molecule has 5 aromatic carbocycles. The van der Waals surface area contributed by atoms with Crippen molar-refractivity contribution < 1.29 is 14.9 Å². The van der Waals surface area contributed by atoms with E-state index < -0.39 is 0 Å². The van der Waals surface area contributed by atoms with Crippen LogP contribution in [0.1, 0.15) is 15.3 Å². The van der Waals surface area contributed by atoms with Crippen molar-refractivity contribution in [2.75, 3.05) is 7.05 Å². The fourth-order valence-electron chi connectivity index (χ4n) is 6.20. The van der Waals surface area contributed by atoms with E-state index in [0.29, 0.717) is 37.4 Å². The quantitative estimate of drug-likeness (QED) is 0.216. The van der Waals surface area contributed by atoms with E-state index in [-0.39, 0.29) is 11.8 Å². The molecule has 0 radical (unpaired) electrons. The Morgan fingerprint density at radius 1 is 0.655 bits per heavy atom. The number of hydrogen-bond acceptors (Lipinski definition) is 11. The molecule has 7 aromatic rings. The van der Waals surface area contributed by atoms with E-state index in [1.807, 2.05) is 127 Å². The lowest BCUT2D eigenvalue weighted by Crippen LogP contribution is -2.12. The van der Waals surface area contributed by atoms with E-state index in [1.165, 1.54) is 22.7 Å². The van der Waals surface area contributed by atoms with Crippen molar-refractivity contribution in [1.82, 2.24) is 9.13 Å². The first kappa shape index (κ1) is 33.8. The normalized spacial score (nSPS) is 14.0. The molecule has 0 saturated heterocycles. The molecule has 55 heavy (non-hydrogen) atoms. The van der Waals surface area contributed by atoms with Gasteiger partial charge < -0.3 is 14.9 Å². The number of nitrogens with zero attached hydrogens (tertiary/aromatic N) is 8. The van der Waals surface area contributed by atoms with Crippen LogP contribution in [0.3, 0.4) is 0 Å². The number of fused-ring (bicyclic) bond motifs is 2. The molecule has 0 atom stereocenters. The highest BCUT2D eigenvalue weighted by molar-refractivity contribution is 7.10. The molecule has 0 saturated carbocycles. The van der Waals surface area contributed by atoms with Crippen molar-refractivity contribution in [2.24, 2.45) is 30.0 Å². The van der Waals surface area contributed by atoms with Crippen LogP contribution in [-0.2, 0) is 6.61 Å². The van der Waals surface area contributed by atoms with Crippen LogP contribution in [0.4, 0.5) is 17.1 Å². The van der Waals surface area contributed by atoms with Crippen LogP contribution in [-0.4, -0.2) is 39.1 Å². The zero-order chi connectivity index (χ0) is 37.3. The minimum absolute atomic E-state index is 0.0970. The van der Waals surface area contributed by atoms with Crippen LogP contribution in [0.2, 0.25) is 0 Å². The smallest absolute Gasteiger partial charge is 0.215 e. The molecule has 0 spiro atoms. The molecule has 0 unspecified atom stereocenters. The van der Waals surface area contributed by atoms with Gasteiger partial charge in [-0.3, -0.25) is 14.1 Å². The van der Waals surface area contributed by atoms with Crippen molar-refractivity contribution in [2.45, 2.75) is 6.61 Å². The number of ether oxygens (including phenoxy) is 1. The van der Waals surface area contributed by atoms with Gasteiger partial charge in [-0.1, -0.05) is 65.1 Å². The first-order chi connectivity index (χ1) is 27.0. The average Bonchev–Trinajstić information content (AvgIpc) is 4.01. The summed E-state index contributed by atoms with van der Waals surface area (Å²) in [7, 11) is 1.71. The second-order valence-corrected chi connectivity index (χ2v) is 14.5. The third kappa shape index (κ3) is 6.85. The van der Waals surface area contributed by atoms with Crippen molar-refractivity contribution in [3.8, 4) is 28.9 Å². The van der Waals surface area contributed by atoms with E-state index in [2.05, 4.69) is 25.0 Å². The van der Waals surface area contributed by atoms with Gasteiger partial charge >= 0.3 is 0 Å². The summed E-state index contributed by atoms with van der Waals surface area (Å²) < 4.78 is 9.67. The highest BCUT2D eigenvalue weighted by Gasteiger charge is 2.15. The zero-order valence-corrected chi connectivity index (χ0v) is 30.8. The van der Waals surface area contributed by atoms with E-state index in [1.54, 1.807) is 28.9 Å². The maximum absolute atomic E-state index is 11.4. The molecule has 11 nitrogen and oxygen atoms in total. The van der Waals surface area contributed by atoms with E-state index >= 15 is 0 Å². The highest BCUT2D eigenvalue weighted by atomic mass is 32.1. The molecule has 0 fully saturated rings. The molecular formula is C42H30N8O3S2. The molecule has 9 rings (SSSR count). The Morgan fingerprint density at radius 3 is 1.89 bits per heavy atom. The lowest BCUT2D eigenvalue weighted by atomic mass is 10.2. The fraction of sp³-hybridized carbons (Fsp3) is 0.0476. The molecule has 2 aromatic heterocycles.